The molecular weight excluding hydrogens is 302 g/mol. The van der Waals surface area contributed by atoms with Crippen LogP contribution in [0, 0.1) is 12.8 Å². The molecule has 0 aliphatic carbocycles. The molecule has 128 valence electrons. The Morgan fingerprint density at radius 3 is 2.50 bits per heavy atom. The molecule has 0 bridgehead atoms. The number of methoxy groups -OCH3 is 1. The summed E-state index contributed by atoms with van der Waals surface area (Å²) in [5, 5.41) is 3.01. The first-order valence-corrected chi connectivity index (χ1v) is 8.39. The fourth-order valence-electron chi connectivity index (χ4n) is 3.46. The highest BCUT2D eigenvalue weighted by Gasteiger charge is 2.33. The summed E-state index contributed by atoms with van der Waals surface area (Å²) in [4.78, 5) is 14.8. The predicted molar refractivity (Wildman–Crippen MR) is 95.5 cm³/mol. The molecule has 0 saturated carbocycles. The molecular formula is C19H25N3O2. The van der Waals surface area contributed by atoms with Crippen molar-refractivity contribution in [3.63, 3.8) is 0 Å². The van der Waals surface area contributed by atoms with Gasteiger partial charge in [-0.2, -0.15) is 0 Å². The fourth-order valence-corrected chi connectivity index (χ4v) is 3.46. The molecule has 5 heteroatoms. The second-order valence-corrected chi connectivity index (χ2v) is 6.59. The smallest absolute Gasteiger partial charge is 0.322 e. The molecule has 2 aromatic rings. The maximum absolute atomic E-state index is 12.8. The van der Waals surface area contributed by atoms with Crippen LogP contribution >= 0.6 is 0 Å². The second-order valence-electron chi connectivity index (χ2n) is 6.59. The predicted octanol–water partition coefficient (Wildman–Crippen LogP) is 4.05. The zero-order valence-electron chi connectivity index (χ0n) is 14.7. The lowest BCUT2D eigenvalue weighted by molar-refractivity contribution is 0.143. The highest BCUT2D eigenvalue weighted by molar-refractivity contribution is 5.89. The molecule has 1 atom stereocenters. The number of anilines is 1. The molecule has 1 aliphatic heterocycles. The van der Waals surface area contributed by atoms with Gasteiger partial charge in [0.2, 0.25) is 0 Å². The van der Waals surface area contributed by atoms with Crippen molar-refractivity contribution in [2.75, 3.05) is 19.0 Å². The summed E-state index contributed by atoms with van der Waals surface area (Å²) in [5.41, 5.74) is 3.25. The van der Waals surface area contributed by atoms with Gasteiger partial charge in [0.05, 0.1) is 13.2 Å². The van der Waals surface area contributed by atoms with E-state index in [9.17, 15) is 4.79 Å². The molecule has 24 heavy (non-hydrogen) atoms. The number of hydrogen-bond acceptors (Lipinski definition) is 2. The lowest BCUT2D eigenvalue weighted by Crippen LogP contribution is -2.46. The zero-order chi connectivity index (χ0) is 17.3. The quantitative estimate of drug-likeness (QED) is 0.924. The van der Waals surface area contributed by atoms with Crippen molar-refractivity contribution >= 4 is 11.7 Å². The van der Waals surface area contributed by atoms with Gasteiger partial charge in [-0.1, -0.05) is 13.8 Å². The Morgan fingerprint density at radius 1 is 1.17 bits per heavy atom. The van der Waals surface area contributed by atoms with Gasteiger partial charge in [0.1, 0.15) is 5.75 Å². The van der Waals surface area contributed by atoms with Gasteiger partial charge in [-0.05, 0) is 49.2 Å². The molecule has 2 amide bonds. The first-order chi connectivity index (χ1) is 11.5. The molecule has 1 N–H and O–H groups in total. The Labute approximate surface area is 143 Å². The maximum atomic E-state index is 12.8. The first kappa shape index (κ1) is 16.4. The minimum absolute atomic E-state index is 0.0519. The van der Waals surface area contributed by atoms with E-state index in [0.29, 0.717) is 12.5 Å². The number of fused-ring (bicyclic) bond motifs is 1. The Balaban J connectivity index is 1.80. The van der Waals surface area contributed by atoms with E-state index in [1.165, 1.54) is 11.4 Å². The van der Waals surface area contributed by atoms with Crippen LogP contribution in [0.2, 0.25) is 0 Å². The summed E-state index contributed by atoms with van der Waals surface area (Å²) in [7, 11) is 1.63. The van der Waals surface area contributed by atoms with Crippen molar-refractivity contribution in [3.05, 3.63) is 47.8 Å². The Hall–Kier alpha value is -2.43. The molecule has 0 radical (unpaired) electrons. The summed E-state index contributed by atoms with van der Waals surface area (Å²) in [6.07, 6.45) is 0. The van der Waals surface area contributed by atoms with Gasteiger partial charge in [0.25, 0.3) is 0 Å². The van der Waals surface area contributed by atoms with Crippen LogP contribution in [0.4, 0.5) is 10.5 Å². The van der Waals surface area contributed by atoms with Gasteiger partial charge in [0.15, 0.2) is 0 Å². The van der Waals surface area contributed by atoms with Crippen LogP contribution in [-0.4, -0.2) is 29.2 Å². The summed E-state index contributed by atoms with van der Waals surface area (Å²) < 4.78 is 7.48. The number of amides is 2. The van der Waals surface area contributed by atoms with Crippen LogP contribution in [0.15, 0.2) is 36.4 Å². The van der Waals surface area contributed by atoms with Gasteiger partial charge < -0.3 is 19.5 Å². The third-order valence-corrected chi connectivity index (χ3v) is 4.67. The topological polar surface area (TPSA) is 46.5 Å². The number of carbonyl (C=O) groups excluding carboxylic acids is 1. The number of benzene rings is 1. The average Bonchev–Trinajstić information content (AvgIpc) is 2.95. The molecule has 0 spiro atoms. The Kier molecular flexibility index (Phi) is 4.51. The van der Waals surface area contributed by atoms with Crippen LogP contribution in [0.3, 0.4) is 0 Å². The normalized spacial score (nSPS) is 16.9. The molecule has 3 rings (SSSR count). The molecule has 0 fully saturated rings. The van der Waals surface area contributed by atoms with Crippen molar-refractivity contribution in [2.24, 2.45) is 5.92 Å². The minimum atomic E-state index is -0.0519. The number of ether oxygens (including phenoxy) is 1. The molecule has 2 heterocycles. The minimum Gasteiger partial charge on any atom is -0.497 e. The van der Waals surface area contributed by atoms with E-state index in [1.807, 2.05) is 29.2 Å². The Morgan fingerprint density at radius 2 is 1.88 bits per heavy atom. The third kappa shape index (κ3) is 2.98. The second kappa shape index (κ2) is 6.59. The highest BCUT2D eigenvalue weighted by atomic mass is 16.5. The van der Waals surface area contributed by atoms with Crippen molar-refractivity contribution in [1.29, 1.82) is 0 Å². The number of aryl methyl sites for hydroxylation is 1. The van der Waals surface area contributed by atoms with Crippen LogP contribution in [0.5, 0.6) is 5.75 Å². The van der Waals surface area contributed by atoms with E-state index in [0.717, 1.165) is 18.0 Å². The summed E-state index contributed by atoms with van der Waals surface area (Å²) in [6.45, 7) is 8.00. The number of nitrogens with one attached hydrogen (secondary N) is 1. The van der Waals surface area contributed by atoms with Crippen molar-refractivity contribution < 1.29 is 9.53 Å². The molecule has 0 unspecified atom stereocenters. The molecule has 1 aromatic heterocycles. The SMILES string of the molecule is COc1ccc(NC(=O)N2CCn3c(C)ccc3[C@@H]2C(C)C)cc1. The summed E-state index contributed by atoms with van der Waals surface area (Å²) >= 11 is 0. The van der Waals surface area contributed by atoms with Gasteiger partial charge in [-0.3, -0.25) is 0 Å². The molecule has 0 saturated heterocycles. The standard InChI is InChI=1S/C19H25N3O2/c1-13(2)18-17-10-5-14(3)21(17)11-12-22(18)19(23)20-15-6-8-16(24-4)9-7-15/h5-10,13,18H,11-12H2,1-4H3,(H,20,23)/t18-/m0/s1. The van der Waals surface area contributed by atoms with Crippen LogP contribution < -0.4 is 10.1 Å². The van der Waals surface area contributed by atoms with Crippen molar-refractivity contribution in [1.82, 2.24) is 9.47 Å². The van der Waals surface area contributed by atoms with E-state index in [2.05, 4.69) is 42.8 Å². The van der Waals surface area contributed by atoms with Gasteiger partial charge >= 0.3 is 6.03 Å². The average molecular weight is 327 g/mol. The van der Waals surface area contributed by atoms with Gasteiger partial charge in [0, 0.05) is 30.2 Å². The number of carbonyl (C=O) groups is 1. The fraction of sp³-hybridized carbons (Fsp3) is 0.421. The largest absolute Gasteiger partial charge is 0.497 e. The lowest BCUT2D eigenvalue weighted by Gasteiger charge is -2.39. The number of aromatic nitrogens is 1. The van der Waals surface area contributed by atoms with Crippen LogP contribution in [-0.2, 0) is 6.54 Å². The third-order valence-electron chi connectivity index (χ3n) is 4.67. The molecule has 1 aromatic carbocycles. The summed E-state index contributed by atoms with van der Waals surface area (Å²) in [5.74, 6) is 1.12. The number of hydrogen-bond donors (Lipinski definition) is 1. The summed E-state index contributed by atoms with van der Waals surface area (Å²) in [6, 6.07) is 11.7. The van der Waals surface area contributed by atoms with E-state index >= 15 is 0 Å². The van der Waals surface area contributed by atoms with Crippen LogP contribution in [0.25, 0.3) is 0 Å². The van der Waals surface area contributed by atoms with E-state index in [1.54, 1.807) is 7.11 Å². The molecule has 5 nitrogen and oxygen atoms in total. The Bertz CT molecular complexity index is 719. The van der Waals surface area contributed by atoms with E-state index in [-0.39, 0.29) is 12.1 Å². The first-order valence-electron chi connectivity index (χ1n) is 8.39. The van der Waals surface area contributed by atoms with Gasteiger partial charge in [-0.25, -0.2) is 4.79 Å². The zero-order valence-corrected chi connectivity index (χ0v) is 14.7. The monoisotopic (exact) mass is 327 g/mol. The highest BCUT2D eigenvalue weighted by Crippen LogP contribution is 2.34. The maximum Gasteiger partial charge on any atom is 0.322 e. The number of urea groups is 1. The van der Waals surface area contributed by atoms with Crippen molar-refractivity contribution in [2.45, 2.75) is 33.4 Å². The number of rotatable bonds is 3. The van der Waals surface area contributed by atoms with E-state index in [4.69, 9.17) is 4.74 Å². The van der Waals surface area contributed by atoms with Gasteiger partial charge in [-0.15, -0.1) is 0 Å². The van der Waals surface area contributed by atoms with E-state index < -0.39 is 0 Å². The number of nitrogens with zero attached hydrogens (tertiary/aromatic N) is 2. The lowest BCUT2D eigenvalue weighted by atomic mass is 9.97. The van der Waals surface area contributed by atoms with Crippen LogP contribution in [0.1, 0.15) is 31.3 Å². The molecule has 1 aliphatic rings. The van der Waals surface area contributed by atoms with Crippen molar-refractivity contribution in [3.8, 4) is 5.75 Å².